The van der Waals surface area contributed by atoms with Crippen LogP contribution in [0.4, 0.5) is 0 Å². The van der Waals surface area contributed by atoms with E-state index in [9.17, 15) is 0 Å². The number of hydrogen-bond donors (Lipinski definition) is 0. The molecule has 22 heavy (non-hydrogen) atoms. The Morgan fingerprint density at radius 3 is 2.73 bits per heavy atom. The van der Waals surface area contributed by atoms with E-state index in [0.29, 0.717) is 15.5 Å². The minimum Gasteiger partial charge on any atom is -0.299 e. The standard InChI is InChI=1S/C18H23Cl2N.ClH/c19-16-5-3-14(9-17(16)20)11-21-7-1-6-18(12-21)10-13-2-4-15(18)8-13;/h3,5,9,13,15H,1-2,4,6-8,10-12H2;1H. The number of rotatable bonds is 2. The maximum Gasteiger partial charge on any atom is 0.0595 e. The molecule has 0 amide bonds. The Labute approximate surface area is 149 Å². The molecule has 1 spiro atoms. The van der Waals surface area contributed by atoms with Crippen molar-refractivity contribution in [2.45, 2.75) is 45.1 Å². The molecule has 1 heterocycles. The second-order valence-electron chi connectivity index (χ2n) is 7.51. The lowest BCUT2D eigenvalue weighted by atomic mass is 9.68. The van der Waals surface area contributed by atoms with E-state index in [2.05, 4.69) is 11.0 Å². The normalized spacial score (nSPS) is 34.1. The topological polar surface area (TPSA) is 3.24 Å². The predicted molar refractivity (Wildman–Crippen MR) is 96.1 cm³/mol. The molecular weight excluding hydrogens is 337 g/mol. The Morgan fingerprint density at radius 2 is 2.05 bits per heavy atom. The van der Waals surface area contributed by atoms with Crippen LogP contribution in [0.1, 0.15) is 44.1 Å². The highest BCUT2D eigenvalue weighted by molar-refractivity contribution is 6.42. The van der Waals surface area contributed by atoms with Gasteiger partial charge in [0, 0.05) is 13.1 Å². The zero-order chi connectivity index (χ0) is 14.4. The van der Waals surface area contributed by atoms with Gasteiger partial charge in [0.25, 0.3) is 0 Å². The van der Waals surface area contributed by atoms with Crippen molar-refractivity contribution in [3.8, 4) is 0 Å². The fourth-order valence-electron chi connectivity index (χ4n) is 5.35. The molecule has 3 aliphatic rings. The molecule has 1 saturated heterocycles. The highest BCUT2D eigenvalue weighted by Gasteiger charge is 2.51. The molecule has 4 heteroatoms. The molecule has 3 unspecified atom stereocenters. The summed E-state index contributed by atoms with van der Waals surface area (Å²) in [5, 5.41) is 1.34. The van der Waals surface area contributed by atoms with Gasteiger partial charge in [-0.05, 0) is 73.6 Å². The molecule has 0 radical (unpaired) electrons. The first-order chi connectivity index (χ1) is 10.1. The molecule has 2 saturated carbocycles. The minimum atomic E-state index is 0. The Morgan fingerprint density at radius 1 is 1.18 bits per heavy atom. The third-order valence-electron chi connectivity index (χ3n) is 6.18. The molecule has 3 fully saturated rings. The summed E-state index contributed by atoms with van der Waals surface area (Å²) in [6, 6.07) is 6.08. The Hall–Kier alpha value is 0.0500. The van der Waals surface area contributed by atoms with Gasteiger partial charge in [0.1, 0.15) is 0 Å². The van der Waals surface area contributed by atoms with E-state index in [1.54, 1.807) is 0 Å². The lowest BCUT2D eigenvalue weighted by molar-refractivity contribution is 0.0344. The van der Waals surface area contributed by atoms with Crippen LogP contribution in [-0.4, -0.2) is 18.0 Å². The second-order valence-corrected chi connectivity index (χ2v) is 8.32. The number of hydrogen-bond acceptors (Lipinski definition) is 1. The minimum absolute atomic E-state index is 0. The summed E-state index contributed by atoms with van der Waals surface area (Å²) >= 11 is 12.2. The Balaban J connectivity index is 0.00000144. The summed E-state index contributed by atoms with van der Waals surface area (Å²) < 4.78 is 0. The highest BCUT2D eigenvalue weighted by Crippen LogP contribution is 2.59. The molecule has 4 rings (SSSR count). The van der Waals surface area contributed by atoms with Crippen LogP contribution in [-0.2, 0) is 6.54 Å². The first kappa shape index (κ1) is 16.9. The first-order valence-electron chi connectivity index (χ1n) is 8.31. The number of halogens is 3. The van der Waals surface area contributed by atoms with Crippen LogP contribution in [0.3, 0.4) is 0 Å². The van der Waals surface area contributed by atoms with Gasteiger partial charge in [0.2, 0.25) is 0 Å². The van der Waals surface area contributed by atoms with Crippen molar-refractivity contribution in [3.63, 3.8) is 0 Å². The number of nitrogens with zero attached hydrogens (tertiary/aromatic N) is 1. The zero-order valence-electron chi connectivity index (χ0n) is 12.9. The van der Waals surface area contributed by atoms with E-state index in [0.717, 1.165) is 18.4 Å². The summed E-state index contributed by atoms with van der Waals surface area (Å²) in [7, 11) is 0. The molecule has 1 nitrogen and oxygen atoms in total. The van der Waals surface area contributed by atoms with Gasteiger partial charge >= 0.3 is 0 Å². The molecular formula is C18H24Cl3N. The number of likely N-dealkylation sites (tertiary alicyclic amines) is 1. The molecule has 1 aromatic rings. The Bertz CT molecular complexity index is 547. The van der Waals surface area contributed by atoms with Gasteiger partial charge < -0.3 is 0 Å². The van der Waals surface area contributed by atoms with Crippen LogP contribution in [0.25, 0.3) is 0 Å². The van der Waals surface area contributed by atoms with E-state index in [1.165, 1.54) is 57.2 Å². The van der Waals surface area contributed by atoms with Gasteiger partial charge in [-0.15, -0.1) is 12.4 Å². The van der Waals surface area contributed by atoms with E-state index >= 15 is 0 Å². The van der Waals surface area contributed by atoms with Crippen LogP contribution < -0.4 is 0 Å². The van der Waals surface area contributed by atoms with Crippen LogP contribution in [0.15, 0.2) is 18.2 Å². The van der Waals surface area contributed by atoms with Gasteiger partial charge in [-0.1, -0.05) is 35.7 Å². The average Bonchev–Trinajstić information content (AvgIpc) is 3.04. The van der Waals surface area contributed by atoms with E-state index in [-0.39, 0.29) is 12.4 Å². The van der Waals surface area contributed by atoms with Crippen molar-refractivity contribution in [1.82, 2.24) is 4.90 Å². The van der Waals surface area contributed by atoms with Gasteiger partial charge in [-0.3, -0.25) is 4.90 Å². The summed E-state index contributed by atoms with van der Waals surface area (Å²) in [5.74, 6) is 2.05. The number of fused-ring (bicyclic) bond motifs is 3. The fraction of sp³-hybridized carbons (Fsp3) is 0.667. The Kier molecular flexibility index (Phi) is 5.00. The molecule has 0 N–H and O–H groups in total. The third-order valence-corrected chi connectivity index (χ3v) is 6.92. The predicted octanol–water partition coefficient (Wildman–Crippen LogP) is 5.82. The monoisotopic (exact) mass is 359 g/mol. The smallest absolute Gasteiger partial charge is 0.0595 e. The first-order valence-corrected chi connectivity index (χ1v) is 9.06. The maximum atomic E-state index is 6.15. The van der Waals surface area contributed by atoms with Gasteiger partial charge in [-0.2, -0.15) is 0 Å². The van der Waals surface area contributed by atoms with E-state index < -0.39 is 0 Å². The van der Waals surface area contributed by atoms with Crippen molar-refractivity contribution >= 4 is 35.6 Å². The molecule has 122 valence electrons. The SMILES string of the molecule is Cl.Clc1ccc(CN2CCCC3(CC4CCC3C4)C2)cc1Cl. The molecule has 3 atom stereocenters. The molecule has 1 aromatic carbocycles. The quantitative estimate of drug-likeness (QED) is 0.642. The largest absolute Gasteiger partial charge is 0.299 e. The van der Waals surface area contributed by atoms with Crippen molar-refractivity contribution in [2.75, 3.05) is 13.1 Å². The summed E-state index contributed by atoms with van der Waals surface area (Å²) in [6.45, 7) is 3.56. The second kappa shape index (κ2) is 6.51. The number of piperidine rings is 1. The molecule has 0 aromatic heterocycles. The zero-order valence-corrected chi connectivity index (χ0v) is 15.2. The van der Waals surface area contributed by atoms with Crippen molar-refractivity contribution < 1.29 is 0 Å². The van der Waals surface area contributed by atoms with Gasteiger partial charge in [-0.25, -0.2) is 0 Å². The third kappa shape index (κ3) is 3.02. The van der Waals surface area contributed by atoms with Crippen molar-refractivity contribution in [1.29, 1.82) is 0 Å². The number of benzene rings is 1. The molecule has 2 bridgehead atoms. The summed E-state index contributed by atoms with van der Waals surface area (Å²) in [6.07, 6.45) is 8.83. The van der Waals surface area contributed by atoms with Crippen LogP contribution in [0.5, 0.6) is 0 Å². The van der Waals surface area contributed by atoms with E-state index in [4.69, 9.17) is 23.2 Å². The fourth-order valence-corrected chi connectivity index (χ4v) is 5.67. The summed E-state index contributed by atoms with van der Waals surface area (Å²) in [5.41, 5.74) is 1.95. The van der Waals surface area contributed by atoms with Gasteiger partial charge in [0.05, 0.1) is 10.0 Å². The van der Waals surface area contributed by atoms with Gasteiger partial charge in [0.15, 0.2) is 0 Å². The summed E-state index contributed by atoms with van der Waals surface area (Å²) in [4.78, 5) is 2.66. The molecule has 1 aliphatic heterocycles. The van der Waals surface area contributed by atoms with Crippen LogP contribution >= 0.6 is 35.6 Å². The lowest BCUT2D eigenvalue weighted by Gasteiger charge is -2.46. The van der Waals surface area contributed by atoms with Crippen molar-refractivity contribution in [3.05, 3.63) is 33.8 Å². The highest BCUT2D eigenvalue weighted by atomic mass is 35.5. The van der Waals surface area contributed by atoms with Crippen LogP contribution in [0.2, 0.25) is 10.0 Å². The molecule has 2 aliphatic carbocycles. The van der Waals surface area contributed by atoms with Crippen molar-refractivity contribution in [2.24, 2.45) is 17.3 Å². The maximum absolute atomic E-state index is 6.15. The lowest BCUT2D eigenvalue weighted by Crippen LogP contribution is -2.45. The van der Waals surface area contributed by atoms with E-state index in [1.807, 2.05) is 12.1 Å². The van der Waals surface area contributed by atoms with Crippen LogP contribution in [0, 0.1) is 17.3 Å². The average molecular weight is 361 g/mol.